The van der Waals surface area contributed by atoms with Crippen molar-refractivity contribution < 1.29 is 9.53 Å². The van der Waals surface area contributed by atoms with Gasteiger partial charge in [0.2, 0.25) is 0 Å². The molecular formula is C18H26O2. The molecule has 0 aliphatic carbocycles. The maximum Gasteiger partial charge on any atom is 0.333 e. The van der Waals surface area contributed by atoms with E-state index in [-0.39, 0.29) is 11.9 Å². The van der Waals surface area contributed by atoms with Gasteiger partial charge in [0.25, 0.3) is 0 Å². The van der Waals surface area contributed by atoms with Crippen LogP contribution in [0.25, 0.3) is 0 Å². The Morgan fingerprint density at radius 2 is 1.80 bits per heavy atom. The van der Waals surface area contributed by atoms with Gasteiger partial charge in [-0.2, -0.15) is 0 Å². The molecule has 2 nitrogen and oxygen atoms in total. The van der Waals surface area contributed by atoms with Gasteiger partial charge in [0, 0.05) is 11.5 Å². The number of rotatable bonds is 9. The van der Waals surface area contributed by atoms with Gasteiger partial charge < -0.3 is 4.74 Å². The van der Waals surface area contributed by atoms with Crippen LogP contribution in [-0.4, -0.2) is 13.1 Å². The zero-order valence-electron chi connectivity index (χ0n) is 12.7. The molecular weight excluding hydrogens is 248 g/mol. The number of hydrogen-bond acceptors (Lipinski definition) is 2. The van der Waals surface area contributed by atoms with E-state index in [1.165, 1.54) is 32.8 Å². The van der Waals surface area contributed by atoms with E-state index in [0.29, 0.717) is 5.57 Å². The van der Waals surface area contributed by atoms with Crippen molar-refractivity contribution in [3.05, 3.63) is 48.0 Å². The lowest BCUT2D eigenvalue weighted by Gasteiger charge is -2.18. The van der Waals surface area contributed by atoms with Gasteiger partial charge in [0.1, 0.15) is 0 Å². The molecule has 0 aliphatic heterocycles. The Bertz CT molecular complexity index is 409. The summed E-state index contributed by atoms with van der Waals surface area (Å²) >= 11 is 0. The Kier molecular flexibility index (Phi) is 7.71. The maximum atomic E-state index is 11.7. The number of unbranched alkanes of at least 4 members (excludes halogenated alkanes) is 4. The van der Waals surface area contributed by atoms with Gasteiger partial charge in [-0.1, -0.05) is 75.9 Å². The highest BCUT2D eigenvalue weighted by molar-refractivity contribution is 5.89. The lowest BCUT2D eigenvalue weighted by Crippen LogP contribution is -2.12. The summed E-state index contributed by atoms with van der Waals surface area (Å²) < 4.78 is 4.82. The van der Waals surface area contributed by atoms with Crippen molar-refractivity contribution in [3.8, 4) is 0 Å². The molecule has 0 saturated heterocycles. The largest absolute Gasteiger partial charge is 0.466 e. The topological polar surface area (TPSA) is 26.3 Å². The second kappa shape index (κ2) is 9.35. The summed E-state index contributed by atoms with van der Waals surface area (Å²) in [6.45, 7) is 6.16. The minimum atomic E-state index is -0.299. The first-order valence-corrected chi connectivity index (χ1v) is 7.52. The minimum Gasteiger partial charge on any atom is -0.466 e. The van der Waals surface area contributed by atoms with Crippen LogP contribution in [0.2, 0.25) is 0 Å². The van der Waals surface area contributed by atoms with Crippen molar-refractivity contribution in [2.24, 2.45) is 0 Å². The number of carbonyl (C=O) groups is 1. The second-order valence-corrected chi connectivity index (χ2v) is 5.18. The van der Waals surface area contributed by atoms with Crippen LogP contribution in [0.15, 0.2) is 42.5 Å². The van der Waals surface area contributed by atoms with Gasteiger partial charge in [-0.15, -0.1) is 0 Å². The monoisotopic (exact) mass is 274 g/mol. The average molecular weight is 274 g/mol. The van der Waals surface area contributed by atoms with E-state index >= 15 is 0 Å². The number of benzene rings is 1. The molecule has 2 heteroatoms. The SMILES string of the molecule is C=C(C(=O)OC)C(CCCCCCC)c1ccccc1. The summed E-state index contributed by atoms with van der Waals surface area (Å²) in [4.78, 5) is 11.7. The van der Waals surface area contributed by atoms with E-state index in [9.17, 15) is 4.79 Å². The molecule has 0 radical (unpaired) electrons. The minimum absolute atomic E-state index is 0.0743. The number of ether oxygens (including phenoxy) is 1. The van der Waals surface area contributed by atoms with Crippen LogP contribution >= 0.6 is 0 Å². The molecule has 110 valence electrons. The number of methoxy groups -OCH3 is 1. The predicted molar refractivity (Wildman–Crippen MR) is 83.7 cm³/mol. The van der Waals surface area contributed by atoms with E-state index in [2.05, 4.69) is 25.6 Å². The van der Waals surface area contributed by atoms with E-state index < -0.39 is 0 Å². The lowest BCUT2D eigenvalue weighted by molar-refractivity contribution is -0.136. The first-order valence-electron chi connectivity index (χ1n) is 7.52. The Labute approximate surface area is 122 Å². The van der Waals surface area contributed by atoms with Crippen molar-refractivity contribution in [3.63, 3.8) is 0 Å². The predicted octanol–water partition coefficient (Wildman–Crippen LogP) is 4.86. The zero-order valence-corrected chi connectivity index (χ0v) is 12.7. The van der Waals surface area contributed by atoms with Gasteiger partial charge in [0.05, 0.1) is 7.11 Å². The standard InChI is InChI=1S/C18H26O2/c1-4-5-6-7-11-14-17(15(2)18(19)20-3)16-12-9-8-10-13-16/h8-10,12-13,17H,2,4-7,11,14H2,1,3H3. The highest BCUT2D eigenvalue weighted by Crippen LogP contribution is 2.29. The Balaban J connectivity index is 2.65. The molecule has 0 N–H and O–H groups in total. The highest BCUT2D eigenvalue weighted by atomic mass is 16.5. The van der Waals surface area contributed by atoms with Crippen molar-refractivity contribution in [1.29, 1.82) is 0 Å². The van der Waals surface area contributed by atoms with Gasteiger partial charge in [-0.05, 0) is 12.0 Å². The van der Waals surface area contributed by atoms with Crippen LogP contribution in [0.3, 0.4) is 0 Å². The molecule has 0 saturated carbocycles. The van der Waals surface area contributed by atoms with Crippen LogP contribution in [0.1, 0.15) is 56.9 Å². The molecule has 0 amide bonds. The number of hydrogen-bond donors (Lipinski definition) is 0. The summed E-state index contributed by atoms with van der Waals surface area (Å²) in [6.07, 6.45) is 7.09. The Hall–Kier alpha value is -1.57. The third kappa shape index (κ3) is 5.20. The third-order valence-corrected chi connectivity index (χ3v) is 3.67. The average Bonchev–Trinajstić information content (AvgIpc) is 2.50. The van der Waals surface area contributed by atoms with E-state index in [0.717, 1.165) is 18.4 Å². The van der Waals surface area contributed by atoms with Crippen LogP contribution in [0.4, 0.5) is 0 Å². The van der Waals surface area contributed by atoms with Crippen molar-refractivity contribution in [1.82, 2.24) is 0 Å². The summed E-state index contributed by atoms with van der Waals surface area (Å²) in [5.74, 6) is -0.224. The molecule has 0 heterocycles. The van der Waals surface area contributed by atoms with Crippen LogP contribution < -0.4 is 0 Å². The normalized spacial score (nSPS) is 11.9. The summed E-state index contributed by atoms with van der Waals surface area (Å²) in [5, 5.41) is 0. The first kappa shape index (κ1) is 16.5. The zero-order chi connectivity index (χ0) is 14.8. The second-order valence-electron chi connectivity index (χ2n) is 5.18. The van der Waals surface area contributed by atoms with Crippen molar-refractivity contribution in [2.75, 3.05) is 7.11 Å². The maximum absolute atomic E-state index is 11.7. The smallest absolute Gasteiger partial charge is 0.333 e. The van der Waals surface area contributed by atoms with Gasteiger partial charge in [-0.3, -0.25) is 0 Å². The number of esters is 1. The van der Waals surface area contributed by atoms with Gasteiger partial charge in [-0.25, -0.2) is 4.79 Å². The molecule has 20 heavy (non-hydrogen) atoms. The molecule has 0 spiro atoms. The van der Waals surface area contributed by atoms with Crippen molar-refractivity contribution in [2.45, 2.75) is 51.4 Å². The molecule has 0 aromatic heterocycles. The summed E-state index contributed by atoms with van der Waals surface area (Å²) in [5.41, 5.74) is 1.72. The molecule has 1 aromatic rings. The molecule has 0 aliphatic rings. The van der Waals surface area contributed by atoms with Gasteiger partial charge >= 0.3 is 5.97 Å². The molecule has 1 unspecified atom stereocenters. The summed E-state index contributed by atoms with van der Waals surface area (Å²) in [6, 6.07) is 10.1. The fourth-order valence-corrected chi connectivity index (χ4v) is 2.45. The van der Waals surface area contributed by atoms with Crippen LogP contribution in [-0.2, 0) is 9.53 Å². The molecule has 0 bridgehead atoms. The molecule has 1 rings (SSSR count). The molecule has 0 fully saturated rings. The van der Waals surface area contributed by atoms with E-state index in [4.69, 9.17) is 4.74 Å². The lowest BCUT2D eigenvalue weighted by atomic mass is 9.87. The fraction of sp³-hybridized carbons (Fsp3) is 0.500. The highest BCUT2D eigenvalue weighted by Gasteiger charge is 2.20. The van der Waals surface area contributed by atoms with Crippen LogP contribution in [0.5, 0.6) is 0 Å². The van der Waals surface area contributed by atoms with E-state index in [1.807, 2.05) is 18.2 Å². The first-order chi connectivity index (χ1) is 9.70. The third-order valence-electron chi connectivity index (χ3n) is 3.67. The van der Waals surface area contributed by atoms with E-state index in [1.54, 1.807) is 0 Å². The van der Waals surface area contributed by atoms with Crippen LogP contribution in [0, 0.1) is 0 Å². The Morgan fingerprint density at radius 3 is 2.40 bits per heavy atom. The molecule has 1 atom stereocenters. The number of carbonyl (C=O) groups excluding carboxylic acids is 1. The quantitative estimate of drug-likeness (QED) is 0.365. The summed E-state index contributed by atoms with van der Waals surface area (Å²) in [7, 11) is 1.41. The molecule has 1 aromatic carbocycles. The van der Waals surface area contributed by atoms with Crippen molar-refractivity contribution >= 4 is 5.97 Å². The fourth-order valence-electron chi connectivity index (χ4n) is 2.45. The van der Waals surface area contributed by atoms with Gasteiger partial charge in [0.15, 0.2) is 0 Å². The Morgan fingerprint density at radius 1 is 1.15 bits per heavy atom.